The SMILES string of the molecule is CNCC(OCC1CCCCO1)c1ccc(Br)cc1. The molecule has 0 radical (unpaired) electrons. The predicted octanol–water partition coefficient (Wildman–Crippen LogP) is 3.30. The molecule has 2 atom stereocenters. The molecule has 0 amide bonds. The van der Waals surface area contributed by atoms with Gasteiger partial charge in [0.25, 0.3) is 0 Å². The molecule has 0 aromatic heterocycles. The number of likely N-dealkylation sites (N-methyl/N-ethyl adjacent to an activating group) is 1. The van der Waals surface area contributed by atoms with Gasteiger partial charge in [0.15, 0.2) is 0 Å². The van der Waals surface area contributed by atoms with Crippen molar-refractivity contribution in [2.75, 3.05) is 26.8 Å². The van der Waals surface area contributed by atoms with Crippen LogP contribution in [-0.4, -0.2) is 32.9 Å². The second-order valence-corrected chi connectivity index (χ2v) is 5.84. The Morgan fingerprint density at radius 2 is 2.16 bits per heavy atom. The third-order valence-corrected chi connectivity index (χ3v) is 3.92. The van der Waals surface area contributed by atoms with E-state index in [2.05, 4.69) is 45.5 Å². The maximum Gasteiger partial charge on any atom is 0.0950 e. The van der Waals surface area contributed by atoms with Crippen LogP contribution in [0, 0.1) is 0 Å². The van der Waals surface area contributed by atoms with E-state index in [0.717, 1.165) is 24.0 Å². The van der Waals surface area contributed by atoms with Crippen molar-refractivity contribution in [3.8, 4) is 0 Å². The number of rotatable bonds is 6. The largest absolute Gasteiger partial charge is 0.376 e. The molecule has 0 spiro atoms. The van der Waals surface area contributed by atoms with Gasteiger partial charge in [0, 0.05) is 17.6 Å². The Bertz CT molecular complexity index is 363. The first kappa shape index (κ1) is 15.0. The number of benzene rings is 1. The fourth-order valence-electron chi connectivity index (χ4n) is 2.30. The molecule has 1 heterocycles. The van der Waals surface area contributed by atoms with E-state index in [1.54, 1.807) is 0 Å². The average Bonchev–Trinajstić information content (AvgIpc) is 2.46. The average molecular weight is 328 g/mol. The van der Waals surface area contributed by atoms with Crippen molar-refractivity contribution in [2.24, 2.45) is 0 Å². The standard InChI is InChI=1S/C15H22BrNO2/c1-17-10-15(12-5-7-13(16)8-6-12)19-11-14-4-2-3-9-18-14/h5-8,14-15,17H,2-4,9-11H2,1H3. The minimum atomic E-state index is 0.0867. The molecule has 0 bridgehead atoms. The Morgan fingerprint density at radius 1 is 1.37 bits per heavy atom. The topological polar surface area (TPSA) is 30.5 Å². The number of nitrogens with one attached hydrogen (secondary N) is 1. The van der Waals surface area contributed by atoms with Gasteiger partial charge in [0.2, 0.25) is 0 Å². The van der Waals surface area contributed by atoms with E-state index in [4.69, 9.17) is 9.47 Å². The van der Waals surface area contributed by atoms with Crippen LogP contribution in [-0.2, 0) is 9.47 Å². The molecule has 0 saturated carbocycles. The lowest BCUT2D eigenvalue weighted by Gasteiger charge is -2.25. The van der Waals surface area contributed by atoms with Crippen molar-refractivity contribution in [1.29, 1.82) is 0 Å². The lowest BCUT2D eigenvalue weighted by molar-refractivity contribution is -0.0630. The monoisotopic (exact) mass is 327 g/mol. The first-order valence-corrected chi connectivity index (χ1v) is 7.72. The summed E-state index contributed by atoms with van der Waals surface area (Å²) in [6.07, 6.45) is 3.91. The molecule has 106 valence electrons. The van der Waals surface area contributed by atoms with Gasteiger partial charge in [-0.25, -0.2) is 0 Å². The van der Waals surface area contributed by atoms with Gasteiger partial charge in [0.05, 0.1) is 18.8 Å². The van der Waals surface area contributed by atoms with E-state index in [-0.39, 0.29) is 12.2 Å². The zero-order valence-corrected chi connectivity index (χ0v) is 13.0. The molecule has 1 fully saturated rings. The zero-order valence-electron chi connectivity index (χ0n) is 11.4. The molecule has 3 nitrogen and oxygen atoms in total. The Kier molecular flexibility index (Phi) is 6.31. The van der Waals surface area contributed by atoms with Gasteiger partial charge in [-0.15, -0.1) is 0 Å². The summed E-state index contributed by atoms with van der Waals surface area (Å²) < 4.78 is 12.8. The van der Waals surface area contributed by atoms with E-state index in [1.165, 1.54) is 18.4 Å². The van der Waals surface area contributed by atoms with Crippen LogP contribution in [0.1, 0.15) is 30.9 Å². The first-order chi connectivity index (χ1) is 9.29. The summed E-state index contributed by atoms with van der Waals surface area (Å²) in [7, 11) is 1.95. The highest BCUT2D eigenvalue weighted by Crippen LogP contribution is 2.21. The molecule has 2 unspecified atom stereocenters. The number of halogens is 1. The summed E-state index contributed by atoms with van der Waals surface area (Å²) >= 11 is 3.46. The fraction of sp³-hybridized carbons (Fsp3) is 0.600. The molecule has 0 aliphatic carbocycles. The molecule has 1 aromatic rings. The Labute approximate surface area is 123 Å². The summed E-state index contributed by atoms with van der Waals surface area (Å²) in [5.41, 5.74) is 1.20. The van der Waals surface area contributed by atoms with Crippen LogP contribution in [0.15, 0.2) is 28.7 Å². The van der Waals surface area contributed by atoms with E-state index in [0.29, 0.717) is 6.61 Å². The highest BCUT2D eigenvalue weighted by atomic mass is 79.9. The molecule has 1 saturated heterocycles. The van der Waals surface area contributed by atoms with Gasteiger partial charge in [-0.1, -0.05) is 28.1 Å². The van der Waals surface area contributed by atoms with Gasteiger partial charge in [-0.2, -0.15) is 0 Å². The Morgan fingerprint density at radius 3 is 2.79 bits per heavy atom. The second-order valence-electron chi connectivity index (χ2n) is 4.92. The lowest BCUT2D eigenvalue weighted by Crippen LogP contribution is -2.28. The summed E-state index contributed by atoms with van der Waals surface area (Å²) in [6, 6.07) is 8.32. The van der Waals surface area contributed by atoms with Gasteiger partial charge >= 0.3 is 0 Å². The van der Waals surface area contributed by atoms with Gasteiger partial charge < -0.3 is 14.8 Å². The Hall–Kier alpha value is -0.420. The molecule has 1 aliphatic heterocycles. The van der Waals surface area contributed by atoms with Crippen LogP contribution in [0.5, 0.6) is 0 Å². The smallest absolute Gasteiger partial charge is 0.0950 e. The van der Waals surface area contributed by atoms with Gasteiger partial charge in [-0.05, 0) is 44.0 Å². The molecule has 1 N–H and O–H groups in total. The van der Waals surface area contributed by atoms with Crippen LogP contribution >= 0.6 is 15.9 Å². The van der Waals surface area contributed by atoms with Gasteiger partial charge in [0.1, 0.15) is 0 Å². The van der Waals surface area contributed by atoms with Crippen LogP contribution in [0.25, 0.3) is 0 Å². The number of hydrogen-bond donors (Lipinski definition) is 1. The Balaban J connectivity index is 1.89. The normalized spacial score (nSPS) is 21.3. The second kappa shape index (κ2) is 8.00. The van der Waals surface area contributed by atoms with Crippen LogP contribution in [0.2, 0.25) is 0 Å². The molecular formula is C15H22BrNO2. The third-order valence-electron chi connectivity index (χ3n) is 3.39. The molecule has 19 heavy (non-hydrogen) atoms. The van der Waals surface area contributed by atoms with Gasteiger partial charge in [-0.3, -0.25) is 0 Å². The first-order valence-electron chi connectivity index (χ1n) is 6.93. The van der Waals surface area contributed by atoms with Crippen LogP contribution in [0.3, 0.4) is 0 Å². The summed E-state index contributed by atoms with van der Waals surface area (Å²) in [5.74, 6) is 0. The molecular weight excluding hydrogens is 306 g/mol. The summed E-state index contributed by atoms with van der Waals surface area (Å²) in [5, 5.41) is 3.19. The third kappa shape index (κ3) is 4.88. The molecule has 2 rings (SSSR count). The number of ether oxygens (including phenoxy) is 2. The quantitative estimate of drug-likeness (QED) is 0.869. The molecule has 1 aromatic carbocycles. The van der Waals surface area contributed by atoms with Crippen molar-refractivity contribution >= 4 is 15.9 Å². The van der Waals surface area contributed by atoms with E-state index < -0.39 is 0 Å². The minimum Gasteiger partial charge on any atom is -0.376 e. The molecule has 1 aliphatic rings. The van der Waals surface area contributed by atoms with Crippen molar-refractivity contribution < 1.29 is 9.47 Å². The lowest BCUT2D eigenvalue weighted by atomic mass is 10.1. The van der Waals surface area contributed by atoms with Crippen molar-refractivity contribution in [2.45, 2.75) is 31.5 Å². The number of hydrogen-bond acceptors (Lipinski definition) is 3. The van der Waals surface area contributed by atoms with E-state index >= 15 is 0 Å². The van der Waals surface area contributed by atoms with E-state index in [1.807, 2.05) is 7.05 Å². The van der Waals surface area contributed by atoms with E-state index in [9.17, 15) is 0 Å². The maximum absolute atomic E-state index is 6.05. The van der Waals surface area contributed by atoms with Crippen molar-refractivity contribution in [1.82, 2.24) is 5.32 Å². The molecule has 4 heteroatoms. The highest BCUT2D eigenvalue weighted by molar-refractivity contribution is 9.10. The minimum absolute atomic E-state index is 0.0867. The fourth-order valence-corrected chi connectivity index (χ4v) is 2.56. The van der Waals surface area contributed by atoms with Crippen molar-refractivity contribution in [3.05, 3.63) is 34.3 Å². The summed E-state index contributed by atoms with van der Waals surface area (Å²) in [4.78, 5) is 0. The maximum atomic E-state index is 6.05. The highest BCUT2D eigenvalue weighted by Gasteiger charge is 2.17. The van der Waals surface area contributed by atoms with Crippen LogP contribution < -0.4 is 5.32 Å². The summed E-state index contributed by atoms with van der Waals surface area (Å²) in [6.45, 7) is 2.37. The van der Waals surface area contributed by atoms with Crippen molar-refractivity contribution in [3.63, 3.8) is 0 Å². The predicted molar refractivity (Wildman–Crippen MR) is 80.4 cm³/mol. The zero-order chi connectivity index (χ0) is 13.5. The van der Waals surface area contributed by atoms with Crippen LogP contribution in [0.4, 0.5) is 0 Å².